The Morgan fingerprint density at radius 2 is 1.56 bits per heavy atom. The average Bonchev–Trinajstić information content (AvgIpc) is 2.99. The quantitative estimate of drug-likeness (QED) is 0.350. The van der Waals surface area contributed by atoms with Crippen LogP contribution in [0.4, 0.5) is 0 Å². The lowest BCUT2D eigenvalue weighted by Crippen LogP contribution is -2.36. The van der Waals surface area contributed by atoms with Crippen molar-refractivity contribution in [1.29, 1.82) is 0 Å². The number of Topliss-reactive ketones (excluding diaryl/α,β-unsaturated/α-hetero) is 1. The van der Waals surface area contributed by atoms with Gasteiger partial charge in [0.25, 0.3) is 0 Å². The van der Waals surface area contributed by atoms with Crippen molar-refractivity contribution in [2.24, 2.45) is 0 Å². The number of phenolic OH excluding ortho intramolecular Hbond substituents is 1. The van der Waals surface area contributed by atoms with Crippen molar-refractivity contribution >= 4 is 11.8 Å². The van der Waals surface area contributed by atoms with Gasteiger partial charge in [0, 0.05) is 29.3 Å². The number of carbonyl (C=O) groups excluding carboxylic acids is 2. The van der Waals surface area contributed by atoms with E-state index in [0.29, 0.717) is 40.3 Å². The van der Waals surface area contributed by atoms with Gasteiger partial charge in [-0.3, -0.25) is 4.79 Å². The molecule has 2 aliphatic rings. The number of esters is 1. The van der Waals surface area contributed by atoms with E-state index in [-0.39, 0.29) is 36.2 Å². The SMILES string of the molecule is COc1cc([C@H]2C(C(=O)OCc3ccccc3)=C(C)NC3=C2C(=O)C[C@@H](c2ccc(OC)c(OC)c2)C3)ccc1O. The van der Waals surface area contributed by atoms with E-state index >= 15 is 0 Å². The molecule has 0 unspecified atom stereocenters. The summed E-state index contributed by atoms with van der Waals surface area (Å²) in [6, 6.07) is 20.0. The topological polar surface area (TPSA) is 103 Å². The second kappa shape index (κ2) is 11.8. The lowest BCUT2D eigenvalue weighted by molar-refractivity contribution is -0.140. The molecular weight excluding hydrogens is 522 g/mol. The van der Waals surface area contributed by atoms with Gasteiger partial charge in [-0.1, -0.05) is 42.5 Å². The van der Waals surface area contributed by atoms with Crippen LogP contribution in [0.2, 0.25) is 0 Å². The number of hydrogen-bond donors (Lipinski definition) is 2. The molecule has 0 amide bonds. The van der Waals surface area contributed by atoms with E-state index in [9.17, 15) is 14.7 Å². The summed E-state index contributed by atoms with van der Waals surface area (Å²) in [5, 5.41) is 13.6. The first-order chi connectivity index (χ1) is 19.8. The fourth-order valence-corrected chi connectivity index (χ4v) is 5.66. The largest absolute Gasteiger partial charge is 0.504 e. The molecule has 8 heteroatoms. The summed E-state index contributed by atoms with van der Waals surface area (Å²) in [7, 11) is 4.63. The van der Waals surface area contributed by atoms with Crippen LogP contribution in [0.25, 0.3) is 0 Å². The molecule has 0 saturated carbocycles. The van der Waals surface area contributed by atoms with Gasteiger partial charge in [-0.25, -0.2) is 4.79 Å². The summed E-state index contributed by atoms with van der Waals surface area (Å²) in [5.74, 6) is 0.0656. The van der Waals surface area contributed by atoms with Crippen molar-refractivity contribution in [2.75, 3.05) is 21.3 Å². The summed E-state index contributed by atoms with van der Waals surface area (Å²) in [6.07, 6.45) is 0.819. The van der Waals surface area contributed by atoms with Crippen LogP contribution in [0, 0.1) is 0 Å². The standard InChI is InChI=1S/C33H33NO7/c1-19-30(33(37)41-18-20-8-6-5-7-9-20)31(22-10-12-25(35)28(17-22)39-3)32-24(34-19)14-23(15-26(32)36)21-11-13-27(38-2)29(16-21)40-4/h5-13,16-17,23,31,34-35H,14-15,18H2,1-4H3/t23-,31-/m0/s1. The third kappa shape index (κ3) is 5.50. The maximum Gasteiger partial charge on any atom is 0.337 e. The zero-order valence-electron chi connectivity index (χ0n) is 23.5. The number of methoxy groups -OCH3 is 3. The number of nitrogens with one attached hydrogen (secondary N) is 1. The lowest BCUT2D eigenvalue weighted by Gasteiger charge is -2.37. The minimum atomic E-state index is -0.692. The molecule has 41 heavy (non-hydrogen) atoms. The highest BCUT2D eigenvalue weighted by atomic mass is 16.5. The van der Waals surface area contributed by atoms with Crippen molar-refractivity contribution < 1.29 is 33.6 Å². The van der Waals surface area contributed by atoms with Crippen molar-refractivity contribution in [3.63, 3.8) is 0 Å². The zero-order valence-corrected chi connectivity index (χ0v) is 23.5. The van der Waals surface area contributed by atoms with Gasteiger partial charge in [-0.05, 0) is 60.2 Å². The lowest BCUT2D eigenvalue weighted by atomic mass is 9.71. The number of aromatic hydroxyl groups is 1. The summed E-state index contributed by atoms with van der Waals surface area (Å²) in [5.41, 5.74) is 4.71. The second-order valence-electron chi connectivity index (χ2n) is 10.1. The number of ketones is 1. The minimum Gasteiger partial charge on any atom is -0.504 e. The summed E-state index contributed by atoms with van der Waals surface area (Å²) < 4.78 is 22.0. The maximum absolute atomic E-state index is 13.9. The Kier molecular flexibility index (Phi) is 8.01. The molecule has 3 aromatic rings. The van der Waals surface area contributed by atoms with Crippen LogP contribution in [0.3, 0.4) is 0 Å². The number of rotatable bonds is 8. The minimum absolute atomic E-state index is 0.0308. The van der Waals surface area contributed by atoms with E-state index in [1.165, 1.54) is 13.2 Å². The van der Waals surface area contributed by atoms with E-state index < -0.39 is 11.9 Å². The van der Waals surface area contributed by atoms with Crippen LogP contribution in [0.15, 0.2) is 89.3 Å². The van der Waals surface area contributed by atoms with Crippen molar-refractivity contribution in [1.82, 2.24) is 5.32 Å². The molecule has 1 aliphatic carbocycles. The molecule has 2 N–H and O–H groups in total. The van der Waals surface area contributed by atoms with Gasteiger partial charge in [0.2, 0.25) is 0 Å². The number of benzene rings is 3. The van der Waals surface area contributed by atoms with Gasteiger partial charge in [-0.15, -0.1) is 0 Å². The number of phenols is 1. The summed E-state index contributed by atoms with van der Waals surface area (Å²) in [6.45, 7) is 1.92. The third-order valence-corrected chi connectivity index (χ3v) is 7.68. The van der Waals surface area contributed by atoms with Crippen LogP contribution in [0.5, 0.6) is 23.0 Å². The van der Waals surface area contributed by atoms with Crippen LogP contribution in [-0.2, 0) is 20.9 Å². The van der Waals surface area contributed by atoms with Gasteiger partial charge in [0.15, 0.2) is 28.8 Å². The number of dihydropyridines is 1. The normalized spacial score (nSPS) is 18.4. The Hall–Kier alpha value is -4.72. The fourth-order valence-electron chi connectivity index (χ4n) is 5.66. The van der Waals surface area contributed by atoms with Crippen LogP contribution in [-0.4, -0.2) is 38.2 Å². The molecule has 0 bridgehead atoms. The van der Waals surface area contributed by atoms with E-state index in [2.05, 4.69) is 5.32 Å². The molecule has 0 saturated heterocycles. The Morgan fingerprint density at radius 3 is 2.27 bits per heavy atom. The van der Waals surface area contributed by atoms with Gasteiger partial charge in [-0.2, -0.15) is 0 Å². The van der Waals surface area contributed by atoms with Gasteiger partial charge < -0.3 is 29.4 Å². The molecule has 0 radical (unpaired) electrons. The smallest absolute Gasteiger partial charge is 0.337 e. The van der Waals surface area contributed by atoms with Crippen molar-refractivity contribution in [3.8, 4) is 23.0 Å². The molecular formula is C33H33NO7. The Morgan fingerprint density at radius 1 is 0.878 bits per heavy atom. The average molecular weight is 556 g/mol. The van der Waals surface area contributed by atoms with E-state index in [1.807, 2.05) is 55.5 Å². The monoisotopic (exact) mass is 555 g/mol. The molecule has 0 fully saturated rings. The van der Waals surface area contributed by atoms with Crippen LogP contribution in [0.1, 0.15) is 48.3 Å². The second-order valence-corrected chi connectivity index (χ2v) is 10.1. The molecule has 8 nitrogen and oxygen atoms in total. The highest BCUT2D eigenvalue weighted by Crippen LogP contribution is 2.47. The first kappa shape index (κ1) is 27.8. The highest BCUT2D eigenvalue weighted by Gasteiger charge is 2.41. The highest BCUT2D eigenvalue weighted by molar-refractivity contribution is 6.04. The number of allylic oxidation sites excluding steroid dienone is 3. The first-order valence-electron chi connectivity index (χ1n) is 13.4. The van der Waals surface area contributed by atoms with Crippen LogP contribution >= 0.6 is 0 Å². The van der Waals surface area contributed by atoms with E-state index in [1.54, 1.807) is 26.4 Å². The Bertz CT molecular complexity index is 1540. The number of carbonyl (C=O) groups is 2. The Labute approximate surface area is 239 Å². The van der Waals surface area contributed by atoms with Gasteiger partial charge >= 0.3 is 5.97 Å². The maximum atomic E-state index is 13.9. The molecule has 2 atom stereocenters. The van der Waals surface area contributed by atoms with E-state index in [4.69, 9.17) is 18.9 Å². The summed E-state index contributed by atoms with van der Waals surface area (Å²) >= 11 is 0. The van der Waals surface area contributed by atoms with E-state index in [0.717, 1.165) is 16.8 Å². The molecule has 5 rings (SSSR count). The molecule has 212 valence electrons. The predicted octanol–water partition coefficient (Wildman–Crippen LogP) is 5.52. The predicted molar refractivity (Wildman–Crippen MR) is 153 cm³/mol. The molecule has 1 aliphatic heterocycles. The molecule has 3 aromatic carbocycles. The Balaban J connectivity index is 1.54. The zero-order chi connectivity index (χ0) is 29.1. The first-order valence-corrected chi connectivity index (χ1v) is 13.4. The van der Waals surface area contributed by atoms with Crippen molar-refractivity contribution in [3.05, 3.63) is 106 Å². The third-order valence-electron chi connectivity index (χ3n) is 7.68. The number of ether oxygens (including phenoxy) is 4. The van der Waals surface area contributed by atoms with Gasteiger partial charge in [0.1, 0.15) is 6.61 Å². The van der Waals surface area contributed by atoms with Gasteiger partial charge in [0.05, 0.1) is 26.9 Å². The molecule has 0 aromatic heterocycles. The molecule has 1 heterocycles. The van der Waals surface area contributed by atoms with Crippen LogP contribution < -0.4 is 19.5 Å². The fraction of sp³-hybridized carbons (Fsp3) is 0.273. The number of hydrogen-bond acceptors (Lipinski definition) is 8. The van der Waals surface area contributed by atoms with Crippen molar-refractivity contribution in [2.45, 2.75) is 38.2 Å². The molecule has 0 spiro atoms. The summed E-state index contributed by atoms with van der Waals surface area (Å²) in [4.78, 5) is 27.6.